The Morgan fingerprint density at radius 2 is 1.89 bits per heavy atom. The molecule has 0 aliphatic carbocycles. The van der Waals surface area contributed by atoms with Crippen molar-refractivity contribution in [2.45, 2.75) is 46.7 Å². The third-order valence-electron chi connectivity index (χ3n) is 3.87. The maximum atomic E-state index is 6.30. The Labute approximate surface area is 112 Å². The minimum Gasteiger partial charge on any atom is -0.323 e. The number of likely N-dealkylation sites (N-methyl/N-ethyl adjacent to an activating group) is 1. The monoisotopic (exact) mass is 248 g/mol. The van der Waals surface area contributed by atoms with E-state index in [0.717, 1.165) is 6.54 Å². The first-order chi connectivity index (χ1) is 8.21. The van der Waals surface area contributed by atoms with E-state index in [1.165, 1.54) is 11.1 Å². The highest BCUT2D eigenvalue weighted by Gasteiger charge is 2.24. The number of hydrogen-bond acceptors (Lipinski definition) is 2. The van der Waals surface area contributed by atoms with Crippen molar-refractivity contribution in [1.29, 1.82) is 0 Å². The summed E-state index contributed by atoms with van der Waals surface area (Å²) in [6, 6.07) is 9.08. The van der Waals surface area contributed by atoms with E-state index >= 15 is 0 Å². The van der Waals surface area contributed by atoms with E-state index in [1.807, 2.05) is 0 Å². The predicted molar refractivity (Wildman–Crippen MR) is 79.7 cm³/mol. The first kappa shape index (κ1) is 15.2. The standard InChI is InChI=1S/C16H28N2/c1-12-8-7-9-14(10-12)15(17)11-18(6)13(2)16(3,4)5/h7-10,13,15H,11,17H2,1-6H3. The molecule has 102 valence electrons. The molecule has 2 N–H and O–H groups in total. The van der Waals surface area contributed by atoms with E-state index in [9.17, 15) is 0 Å². The van der Waals surface area contributed by atoms with Crippen LogP contribution < -0.4 is 5.73 Å². The largest absolute Gasteiger partial charge is 0.323 e. The van der Waals surface area contributed by atoms with Crippen molar-refractivity contribution in [2.75, 3.05) is 13.6 Å². The fourth-order valence-corrected chi connectivity index (χ4v) is 2.14. The van der Waals surface area contributed by atoms with Gasteiger partial charge in [0.05, 0.1) is 0 Å². The maximum Gasteiger partial charge on any atom is 0.0424 e. The molecule has 2 atom stereocenters. The van der Waals surface area contributed by atoms with E-state index in [-0.39, 0.29) is 11.5 Å². The minimum atomic E-state index is 0.0831. The normalized spacial score (nSPS) is 15.8. The number of nitrogens with zero attached hydrogens (tertiary/aromatic N) is 1. The van der Waals surface area contributed by atoms with Gasteiger partial charge in [0, 0.05) is 18.6 Å². The van der Waals surface area contributed by atoms with Gasteiger partial charge in [0.1, 0.15) is 0 Å². The highest BCUT2D eigenvalue weighted by atomic mass is 15.1. The summed E-state index contributed by atoms with van der Waals surface area (Å²) in [4.78, 5) is 2.35. The Kier molecular flexibility index (Phi) is 4.94. The van der Waals surface area contributed by atoms with Gasteiger partial charge in [0.25, 0.3) is 0 Å². The highest BCUT2D eigenvalue weighted by molar-refractivity contribution is 5.25. The van der Waals surface area contributed by atoms with Crippen LogP contribution in [0.5, 0.6) is 0 Å². The number of nitrogens with two attached hydrogens (primary N) is 1. The summed E-state index contributed by atoms with van der Waals surface area (Å²) in [5.74, 6) is 0. The fourth-order valence-electron chi connectivity index (χ4n) is 2.14. The molecule has 1 rings (SSSR count). The summed E-state index contributed by atoms with van der Waals surface area (Å²) in [5.41, 5.74) is 9.08. The van der Waals surface area contributed by atoms with Crippen molar-refractivity contribution in [1.82, 2.24) is 4.90 Å². The Morgan fingerprint density at radius 1 is 1.28 bits per heavy atom. The van der Waals surface area contributed by atoms with Crippen LogP contribution in [0.3, 0.4) is 0 Å². The molecule has 0 spiro atoms. The van der Waals surface area contributed by atoms with Crippen molar-refractivity contribution in [3.63, 3.8) is 0 Å². The molecule has 1 aromatic carbocycles. The molecule has 0 aliphatic rings. The molecule has 0 saturated carbocycles. The molecule has 0 bridgehead atoms. The molecule has 0 aromatic heterocycles. The van der Waals surface area contributed by atoms with Gasteiger partial charge in [-0.15, -0.1) is 0 Å². The topological polar surface area (TPSA) is 29.3 Å². The van der Waals surface area contributed by atoms with Gasteiger partial charge < -0.3 is 10.6 Å². The van der Waals surface area contributed by atoms with Gasteiger partial charge in [0.2, 0.25) is 0 Å². The highest BCUT2D eigenvalue weighted by Crippen LogP contribution is 2.24. The molecule has 2 unspecified atom stereocenters. The Bertz CT molecular complexity index is 379. The van der Waals surface area contributed by atoms with Crippen LogP contribution in [0, 0.1) is 12.3 Å². The van der Waals surface area contributed by atoms with Gasteiger partial charge in [-0.25, -0.2) is 0 Å². The Morgan fingerprint density at radius 3 is 2.39 bits per heavy atom. The number of rotatable bonds is 4. The van der Waals surface area contributed by atoms with Crippen LogP contribution in [0.4, 0.5) is 0 Å². The predicted octanol–water partition coefficient (Wildman–Crippen LogP) is 3.36. The average molecular weight is 248 g/mol. The molecule has 0 amide bonds. The first-order valence-corrected chi connectivity index (χ1v) is 6.74. The lowest BCUT2D eigenvalue weighted by molar-refractivity contribution is 0.134. The molecule has 18 heavy (non-hydrogen) atoms. The molecule has 2 heteroatoms. The van der Waals surface area contributed by atoms with E-state index < -0.39 is 0 Å². The summed E-state index contributed by atoms with van der Waals surface area (Å²) in [6.45, 7) is 12.1. The fraction of sp³-hybridized carbons (Fsp3) is 0.625. The van der Waals surface area contributed by atoms with Gasteiger partial charge >= 0.3 is 0 Å². The second-order valence-corrected chi connectivity index (χ2v) is 6.50. The Balaban J connectivity index is 2.68. The van der Waals surface area contributed by atoms with Crippen LogP contribution in [0.25, 0.3) is 0 Å². The smallest absolute Gasteiger partial charge is 0.0424 e. The first-order valence-electron chi connectivity index (χ1n) is 6.74. The summed E-state index contributed by atoms with van der Waals surface area (Å²) in [7, 11) is 2.16. The van der Waals surface area contributed by atoms with Crippen LogP contribution in [-0.2, 0) is 0 Å². The summed E-state index contributed by atoms with van der Waals surface area (Å²) < 4.78 is 0. The molecule has 0 saturated heterocycles. The second-order valence-electron chi connectivity index (χ2n) is 6.50. The third-order valence-corrected chi connectivity index (χ3v) is 3.87. The van der Waals surface area contributed by atoms with Crippen molar-refractivity contribution < 1.29 is 0 Å². The van der Waals surface area contributed by atoms with Crippen LogP contribution in [0.2, 0.25) is 0 Å². The number of aryl methyl sites for hydroxylation is 1. The van der Waals surface area contributed by atoms with Crippen molar-refractivity contribution in [3.8, 4) is 0 Å². The van der Waals surface area contributed by atoms with Crippen molar-refractivity contribution in [3.05, 3.63) is 35.4 Å². The Hall–Kier alpha value is -0.860. The molecule has 1 aromatic rings. The lowest BCUT2D eigenvalue weighted by Gasteiger charge is -2.36. The van der Waals surface area contributed by atoms with Crippen LogP contribution in [-0.4, -0.2) is 24.5 Å². The molecule has 0 fully saturated rings. The summed E-state index contributed by atoms with van der Waals surface area (Å²) in [6.07, 6.45) is 0. The summed E-state index contributed by atoms with van der Waals surface area (Å²) >= 11 is 0. The van der Waals surface area contributed by atoms with Gasteiger partial charge in [0.15, 0.2) is 0 Å². The molecule has 0 radical (unpaired) electrons. The number of hydrogen-bond donors (Lipinski definition) is 1. The van der Waals surface area contributed by atoms with Crippen LogP contribution in [0.15, 0.2) is 24.3 Å². The minimum absolute atomic E-state index is 0.0831. The lowest BCUT2D eigenvalue weighted by Crippen LogP contribution is -2.42. The van der Waals surface area contributed by atoms with Gasteiger partial charge in [-0.1, -0.05) is 50.6 Å². The zero-order valence-corrected chi connectivity index (χ0v) is 12.7. The van der Waals surface area contributed by atoms with E-state index in [4.69, 9.17) is 5.73 Å². The zero-order valence-electron chi connectivity index (χ0n) is 12.7. The van der Waals surface area contributed by atoms with Crippen molar-refractivity contribution >= 4 is 0 Å². The van der Waals surface area contributed by atoms with Crippen LogP contribution in [0.1, 0.15) is 44.9 Å². The molecule has 0 aliphatic heterocycles. The van der Waals surface area contributed by atoms with Crippen LogP contribution >= 0.6 is 0 Å². The molecular weight excluding hydrogens is 220 g/mol. The third kappa shape index (κ3) is 4.11. The van der Waals surface area contributed by atoms with Gasteiger partial charge in [-0.3, -0.25) is 0 Å². The van der Waals surface area contributed by atoms with Gasteiger partial charge in [-0.05, 0) is 31.9 Å². The SMILES string of the molecule is Cc1cccc(C(N)CN(C)C(C)C(C)(C)C)c1. The lowest BCUT2D eigenvalue weighted by atomic mass is 9.87. The number of benzene rings is 1. The molecule has 0 heterocycles. The van der Waals surface area contributed by atoms with Gasteiger partial charge in [-0.2, -0.15) is 0 Å². The van der Waals surface area contributed by atoms with E-state index in [1.54, 1.807) is 0 Å². The van der Waals surface area contributed by atoms with E-state index in [0.29, 0.717) is 6.04 Å². The summed E-state index contributed by atoms with van der Waals surface area (Å²) in [5, 5.41) is 0. The van der Waals surface area contributed by atoms with Crippen molar-refractivity contribution in [2.24, 2.45) is 11.1 Å². The molecule has 2 nitrogen and oxygen atoms in total. The average Bonchev–Trinajstić information content (AvgIpc) is 2.26. The van der Waals surface area contributed by atoms with E-state index in [2.05, 4.69) is 70.8 Å². The maximum absolute atomic E-state index is 6.30. The zero-order chi connectivity index (χ0) is 13.9. The second kappa shape index (κ2) is 5.85. The molecular formula is C16H28N2. The quantitative estimate of drug-likeness (QED) is 0.885.